The van der Waals surface area contributed by atoms with E-state index >= 15 is 0 Å². The van der Waals surface area contributed by atoms with E-state index in [1.165, 1.54) is 13.0 Å². The molecular weight excluding hydrogens is 293 g/mol. The van der Waals surface area contributed by atoms with Gasteiger partial charge in [-0.25, -0.2) is 18.2 Å². The van der Waals surface area contributed by atoms with Gasteiger partial charge in [0.15, 0.2) is 5.82 Å². The quantitative estimate of drug-likeness (QED) is 0.859. The number of rotatable bonds is 2. The maximum Gasteiger partial charge on any atom is 0.259 e. The predicted molar refractivity (Wildman–Crippen MR) is 68.3 cm³/mol. The molecule has 1 aromatic carbocycles. The van der Waals surface area contributed by atoms with Gasteiger partial charge in [-0.2, -0.15) is 0 Å². The van der Waals surface area contributed by atoms with Gasteiger partial charge in [-0.3, -0.25) is 4.79 Å². The molecule has 1 heterocycles. The summed E-state index contributed by atoms with van der Waals surface area (Å²) < 4.78 is 40.3. The van der Waals surface area contributed by atoms with Crippen LogP contribution in [0.2, 0.25) is 5.15 Å². The van der Waals surface area contributed by atoms with E-state index in [0.717, 1.165) is 18.3 Å². The maximum atomic E-state index is 13.7. The Morgan fingerprint density at radius 3 is 2.70 bits per heavy atom. The molecule has 0 bridgehead atoms. The fourth-order valence-electron chi connectivity index (χ4n) is 1.53. The standard InChI is InChI=1S/C13H8ClF3N2O/c1-6-2-3-9(16)11(10(6)17)19-13(20)8-4-7(15)5-18-12(8)14/h2-5H,1H3,(H,19,20). The van der Waals surface area contributed by atoms with Gasteiger partial charge in [0.05, 0.1) is 11.8 Å². The van der Waals surface area contributed by atoms with E-state index in [4.69, 9.17) is 11.6 Å². The molecule has 0 radical (unpaired) electrons. The molecule has 0 saturated carbocycles. The molecule has 2 aromatic rings. The number of carbonyl (C=O) groups is 1. The zero-order valence-corrected chi connectivity index (χ0v) is 10.9. The molecule has 2 rings (SSSR count). The molecule has 0 aliphatic heterocycles. The zero-order valence-electron chi connectivity index (χ0n) is 10.2. The first kappa shape index (κ1) is 14.3. The molecule has 0 fully saturated rings. The lowest BCUT2D eigenvalue weighted by Gasteiger charge is -2.09. The molecule has 0 spiro atoms. The summed E-state index contributed by atoms with van der Waals surface area (Å²) in [6, 6.07) is 3.08. The first-order chi connectivity index (χ1) is 9.40. The van der Waals surface area contributed by atoms with Gasteiger partial charge in [0.25, 0.3) is 5.91 Å². The molecule has 20 heavy (non-hydrogen) atoms. The van der Waals surface area contributed by atoms with Crippen LogP contribution < -0.4 is 5.32 Å². The van der Waals surface area contributed by atoms with Crippen molar-refractivity contribution in [2.45, 2.75) is 6.92 Å². The number of anilines is 1. The molecule has 0 atom stereocenters. The van der Waals surface area contributed by atoms with Crippen LogP contribution in [-0.4, -0.2) is 10.9 Å². The number of carbonyl (C=O) groups excluding carboxylic acids is 1. The first-order valence-electron chi connectivity index (χ1n) is 5.47. The first-order valence-corrected chi connectivity index (χ1v) is 5.85. The molecule has 0 unspecified atom stereocenters. The number of hydrogen-bond acceptors (Lipinski definition) is 2. The van der Waals surface area contributed by atoms with Crippen LogP contribution in [0.25, 0.3) is 0 Å². The molecular formula is C13H8ClF3N2O. The predicted octanol–water partition coefficient (Wildman–Crippen LogP) is 3.71. The third kappa shape index (κ3) is 2.75. The minimum Gasteiger partial charge on any atom is -0.317 e. The van der Waals surface area contributed by atoms with Gasteiger partial charge >= 0.3 is 0 Å². The highest BCUT2D eigenvalue weighted by Gasteiger charge is 2.18. The van der Waals surface area contributed by atoms with Crippen molar-refractivity contribution in [2.24, 2.45) is 0 Å². The van der Waals surface area contributed by atoms with Gasteiger partial charge in [0.2, 0.25) is 0 Å². The summed E-state index contributed by atoms with van der Waals surface area (Å²) in [5.41, 5.74) is -0.771. The van der Waals surface area contributed by atoms with Crippen LogP contribution in [0, 0.1) is 24.4 Å². The molecule has 1 N–H and O–H groups in total. The van der Waals surface area contributed by atoms with Crippen LogP contribution >= 0.6 is 11.6 Å². The summed E-state index contributed by atoms with van der Waals surface area (Å²) >= 11 is 5.64. The largest absolute Gasteiger partial charge is 0.317 e. The summed E-state index contributed by atoms with van der Waals surface area (Å²) in [5.74, 6) is -3.59. The molecule has 3 nitrogen and oxygen atoms in total. The lowest BCUT2D eigenvalue weighted by atomic mass is 10.2. The number of amides is 1. The minimum atomic E-state index is -0.953. The molecule has 0 aliphatic carbocycles. The monoisotopic (exact) mass is 300 g/mol. The van der Waals surface area contributed by atoms with E-state index in [0.29, 0.717) is 0 Å². The van der Waals surface area contributed by atoms with E-state index in [1.807, 2.05) is 5.32 Å². The molecule has 1 aromatic heterocycles. The Bertz CT molecular complexity index is 692. The van der Waals surface area contributed by atoms with Crippen molar-refractivity contribution in [3.63, 3.8) is 0 Å². The Morgan fingerprint density at radius 2 is 2.00 bits per heavy atom. The van der Waals surface area contributed by atoms with Crippen molar-refractivity contribution in [3.8, 4) is 0 Å². The number of halogens is 4. The Balaban J connectivity index is 2.38. The summed E-state index contributed by atoms with van der Waals surface area (Å²) in [7, 11) is 0. The van der Waals surface area contributed by atoms with Crippen LogP contribution in [0.15, 0.2) is 24.4 Å². The number of pyridine rings is 1. The number of hydrogen-bond donors (Lipinski definition) is 1. The Hall–Kier alpha value is -2.08. The summed E-state index contributed by atoms with van der Waals surface area (Å²) in [4.78, 5) is 15.3. The van der Waals surface area contributed by atoms with Crippen molar-refractivity contribution >= 4 is 23.2 Å². The number of nitrogens with one attached hydrogen (secondary N) is 1. The zero-order chi connectivity index (χ0) is 14.9. The van der Waals surface area contributed by atoms with Crippen LogP contribution in [0.3, 0.4) is 0 Å². The lowest BCUT2D eigenvalue weighted by Crippen LogP contribution is -2.16. The second kappa shape index (κ2) is 5.50. The van der Waals surface area contributed by atoms with Crippen molar-refractivity contribution in [1.29, 1.82) is 0 Å². The average molecular weight is 301 g/mol. The van der Waals surface area contributed by atoms with Gasteiger partial charge in [0.1, 0.15) is 22.5 Å². The topological polar surface area (TPSA) is 42.0 Å². The van der Waals surface area contributed by atoms with E-state index < -0.39 is 29.0 Å². The second-order valence-corrected chi connectivity index (χ2v) is 4.36. The number of nitrogens with zero attached hydrogens (tertiary/aromatic N) is 1. The summed E-state index contributed by atoms with van der Waals surface area (Å²) in [6.45, 7) is 1.42. The normalized spacial score (nSPS) is 10.4. The SMILES string of the molecule is Cc1ccc(F)c(NC(=O)c2cc(F)cnc2Cl)c1F. The summed E-state index contributed by atoms with van der Waals surface area (Å²) in [6.07, 6.45) is 0.826. The van der Waals surface area contributed by atoms with Gasteiger partial charge in [0, 0.05) is 0 Å². The summed E-state index contributed by atoms with van der Waals surface area (Å²) in [5, 5.41) is 1.76. The minimum absolute atomic E-state index is 0.158. The van der Waals surface area contributed by atoms with E-state index in [-0.39, 0.29) is 16.3 Å². The molecule has 7 heteroatoms. The fourth-order valence-corrected chi connectivity index (χ4v) is 1.72. The highest BCUT2D eigenvalue weighted by Crippen LogP contribution is 2.23. The van der Waals surface area contributed by atoms with Crippen molar-refractivity contribution in [1.82, 2.24) is 4.98 Å². The fraction of sp³-hybridized carbons (Fsp3) is 0.0769. The van der Waals surface area contributed by atoms with Crippen LogP contribution in [0.1, 0.15) is 15.9 Å². The van der Waals surface area contributed by atoms with Gasteiger partial charge in [-0.1, -0.05) is 17.7 Å². The van der Waals surface area contributed by atoms with Gasteiger partial charge in [-0.05, 0) is 24.6 Å². The third-order valence-electron chi connectivity index (χ3n) is 2.57. The van der Waals surface area contributed by atoms with E-state index in [1.54, 1.807) is 0 Å². The van der Waals surface area contributed by atoms with Crippen molar-refractivity contribution in [2.75, 3.05) is 5.32 Å². The van der Waals surface area contributed by atoms with Gasteiger partial charge in [-0.15, -0.1) is 0 Å². The van der Waals surface area contributed by atoms with E-state index in [2.05, 4.69) is 4.98 Å². The Morgan fingerprint density at radius 1 is 1.30 bits per heavy atom. The highest BCUT2D eigenvalue weighted by molar-refractivity contribution is 6.33. The highest BCUT2D eigenvalue weighted by atomic mass is 35.5. The van der Waals surface area contributed by atoms with Crippen molar-refractivity contribution < 1.29 is 18.0 Å². The second-order valence-electron chi connectivity index (χ2n) is 4.00. The van der Waals surface area contributed by atoms with Gasteiger partial charge < -0.3 is 5.32 Å². The molecule has 0 saturated heterocycles. The van der Waals surface area contributed by atoms with Crippen LogP contribution in [-0.2, 0) is 0 Å². The number of benzene rings is 1. The van der Waals surface area contributed by atoms with Crippen LogP contribution in [0.4, 0.5) is 18.9 Å². The molecule has 104 valence electrons. The van der Waals surface area contributed by atoms with Crippen molar-refractivity contribution in [3.05, 3.63) is 58.1 Å². The Labute approximate surface area is 117 Å². The molecule has 1 amide bonds. The number of aromatic nitrogens is 1. The van der Waals surface area contributed by atoms with Crippen LogP contribution in [0.5, 0.6) is 0 Å². The third-order valence-corrected chi connectivity index (χ3v) is 2.87. The number of aryl methyl sites for hydroxylation is 1. The average Bonchev–Trinajstić information content (AvgIpc) is 2.41. The Kier molecular flexibility index (Phi) is 3.94. The molecule has 0 aliphatic rings. The maximum absolute atomic E-state index is 13.7. The smallest absolute Gasteiger partial charge is 0.259 e. The lowest BCUT2D eigenvalue weighted by molar-refractivity contribution is 0.102. The van der Waals surface area contributed by atoms with E-state index in [9.17, 15) is 18.0 Å².